The predicted molar refractivity (Wildman–Crippen MR) is 109 cm³/mol. The molecule has 0 radical (unpaired) electrons. The maximum absolute atomic E-state index is 12.8. The summed E-state index contributed by atoms with van der Waals surface area (Å²) in [5, 5.41) is 3.19. The van der Waals surface area contributed by atoms with E-state index >= 15 is 0 Å². The molecule has 0 aliphatic carbocycles. The number of halogens is 1. The molecule has 1 atom stereocenters. The summed E-state index contributed by atoms with van der Waals surface area (Å²) in [6.45, 7) is 2.00. The summed E-state index contributed by atoms with van der Waals surface area (Å²) in [6, 6.07) is 10.1. The normalized spacial score (nSPS) is 16.6. The second-order valence-corrected chi connectivity index (χ2v) is 8.88. The first kappa shape index (κ1) is 20.3. The maximum Gasteiger partial charge on any atom is 0.265 e. The number of rotatable bonds is 4. The van der Waals surface area contributed by atoms with Gasteiger partial charge in [-0.1, -0.05) is 17.7 Å². The average molecular weight is 425 g/mol. The molecule has 0 saturated heterocycles. The van der Waals surface area contributed by atoms with Gasteiger partial charge in [0.2, 0.25) is 10.0 Å². The van der Waals surface area contributed by atoms with Gasteiger partial charge in [0.25, 0.3) is 5.91 Å². The van der Waals surface area contributed by atoms with Gasteiger partial charge in [-0.2, -0.15) is 0 Å². The summed E-state index contributed by atoms with van der Waals surface area (Å²) in [4.78, 5) is 12.8. The second kappa shape index (κ2) is 7.89. The molecule has 1 N–H and O–H groups in total. The number of amides is 1. The van der Waals surface area contributed by atoms with Crippen molar-refractivity contribution >= 4 is 38.9 Å². The highest BCUT2D eigenvalue weighted by molar-refractivity contribution is 7.92. The van der Waals surface area contributed by atoms with Gasteiger partial charge in [0.15, 0.2) is 6.10 Å². The van der Waals surface area contributed by atoms with Crippen molar-refractivity contribution in [3.05, 3.63) is 47.0 Å². The SMILES string of the molecule is COc1ccc(C)cc1NC(=O)C1CCN(S(C)(=O)=O)c2cc(Cl)ccc2O1. The van der Waals surface area contributed by atoms with Crippen LogP contribution >= 0.6 is 11.6 Å². The molecule has 0 aromatic heterocycles. The van der Waals surface area contributed by atoms with Gasteiger partial charge in [-0.3, -0.25) is 9.10 Å². The van der Waals surface area contributed by atoms with Crippen LogP contribution in [-0.4, -0.2) is 40.3 Å². The van der Waals surface area contributed by atoms with E-state index in [4.69, 9.17) is 21.1 Å². The van der Waals surface area contributed by atoms with E-state index in [1.807, 2.05) is 13.0 Å². The van der Waals surface area contributed by atoms with E-state index in [-0.39, 0.29) is 24.6 Å². The number of sulfonamides is 1. The molecule has 0 saturated carbocycles. The van der Waals surface area contributed by atoms with Crippen molar-refractivity contribution in [1.82, 2.24) is 0 Å². The summed E-state index contributed by atoms with van der Waals surface area (Å²) in [5.41, 5.74) is 1.80. The second-order valence-electron chi connectivity index (χ2n) is 6.54. The minimum absolute atomic E-state index is 0.0925. The number of aryl methyl sites for hydroxylation is 1. The van der Waals surface area contributed by atoms with Crippen molar-refractivity contribution in [3.63, 3.8) is 0 Å². The van der Waals surface area contributed by atoms with Crippen LogP contribution in [0, 0.1) is 6.92 Å². The Hall–Kier alpha value is -2.45. The van der Waals surface area contributed by atoms with Crippen LogP contribution in [0.15, 0.2) is 36.4 Å². The Labute approximate surface area is 169 Å². The monoisotopic (exact) mass is 424 g/mol. The van der Waals surface area contributed by atoms with Crippen LogP contribution in [0.1, 0.15) is 12.0 Å². The number of carbonyl (C=O) groups excluding carboxylic acids is 1. The van der Waals surface area contributed by atoms with Crippen molar-refractivity contribution < 1.29 is 22.7 Å². The lowest BCUT2D eigenvalue weighted by Gasteiger charge is -2.21. The summed E-state index contributed by atoms with van der Waals surface area (Å²) in [5.74, 6) is 0.418. The van der Waals surface area contributed by atoms with Crippen molar-refractivity contribution in [2.75, 3.05) is 29.5 Å². The zero-order valence-corrected chi connectivity index (χ0v) is 17.3. The number of hydrogen-bond donors (Lipinski definition) is 1. The van der Waals surface area contributed by atoms with Gasteiger partial charge < -0.3 is 14.8 Å². The smallest absolute Gasteiger partial charge is 0.265 e. The number of fused-ring (bicyclic) bond motifs is 1. The summed E-state index contributed by atoms with van der Waals surface area (Å²) in [6.07, 6.45) is 0.409. The van der Waals surface area contributed by atoms with Crippen LogP contribution in [0.3, 0.4) is 0 Å². The Morgan fingerprint density at radius 2 is 2.04 bits per heavy atom. The van der Waals surface area contributed by atoms with Gasteiger partial charge >= 0.3 is 0 Å². The highest BCUT2D eigenvalue weighted by atomic mass is 35.5. The Kier molecular flexibility index (Phi) is 5.71. The Balaban J connectivity index is 1.90. The standard InChI is InChI=1S/C19H21ClN2O5S/c1-12-4-6-16(26-2)14(10-12)21-19(23)18-8-9-22(28(3,24)25)15-11-13(20)5-7-17(15)27-18/h4-7,10-11,18H,8-9H2,1-3H3,(H,21,23). The molecule has 28 heavy (non-hydrogen) atoms. The number of nitrogens with one attached hydrogen (secondary N) is 1. The van der Waals surface area contributed by atoms with Crippen LogP contribution in [0.2, 0.25) is 5.02 Å². The molecule has 1 aliphatic heterocycles. The van der Waals surface area contributed by atoms with Gasteiger partial charge in [-0.25, -0.2) is 8.42 Å². The molecular formula is C19H21ClN2O5S. The lowest BCUT2D eigenvalue weighted by atomic mass is 10.2. The van der Waals surface area contributed by atoms with Crippen molar-refractivity contribution in [2.24, 2.45) is 0 Å². The first-order valence-corrected chi connectivity index (χ1v) is 10.8. The van der Waals surface area contributed by atoms with Crippen LogP contribution in [0.5, 0.6) is 11.5 Å². The quantitative estimate of drug-likeness (QED) is 0.814. The van der Waals surface area contributed by atoms with Crippen LogP contribution in [-0.2, 0) is 14.8 Å². The van der Waals surface area contributed by atoms with Crippen molar-refractivity contribution in [1.29, 1.82) is 0 Å². The molecular weight excluding hydrogens is 404 g/mol. The number of methoxy groups -OCH3 is 1. The van der Waals surface area contributed by atoms with E-state index in [9.17, 15) is 13.2 Å². The number of nitrogens with zero attached hydrogens (tertiary/aromatic N) is 1. The minimum atomic E-state index is -3.56. The van der Waals surface area contributed by atoms with E-state index in [1.54, 1.807) is 24.3 Å². The Morgan fingerprint density at radius 3 is 2.71 bits per heavy atom. The molecule has 0 fully saturated rings. The molecule has 1 amide bonds. The number of carbonyl (C=O) groups is 1. The maximum atomic E-state index is 12.8. The Bertz CT molecular complexity index is 1010. The summed E-state index contributed by atoms with van der Waals surface area (Å²) >= 11 is 6.03. The minimum Gasteiger partial charge on any atom is -0.495 e. The third kappa shape index (κ3) is 4.34. The molecule has 2 aromatic rings. The highest BCUT2D eigenvalue weighted by Crippen LogP contribution is 2.36. The molecule has 1 unspecified atom stereocenters. The first-order valence-electron chi connectivity index (χ1n) is 8.58. The van der Waals surface area contributed by atoms with Gasteiger partial charge in [-0.15, -0.1) is 0 Å². The highest BCUT2D eigenvalue weighted by Gasteiger charge is 2.31. The molecule has 2 aromatic carbocycles. The fourth-order valence-corrected chi connectivity index (χ4v) is 4.12. The summed E-state index contributed by atoms with van der Waals surface area (Å²) in [7, 11) is -2.04. The first-order chi connectivity index (χ1) is 13.2. The zero-order valence-electron chi connectivity index (χ0n) is 15.7. The molecule has 0 spiro atoms. The van der Waals surface area contributed by atoms with Gasteiger partial charge in [0.05, 0.1) is 24.7 Å². The van der Waals surface area contributed by atoms with E-state index in [2.05, 4.69) is 5.32 Å². The van der Waals surface area contributed by atoms with E-state index in [0.717, 1.165) is 11.8 Å². The number of benzene rings is 2. The molecule has 3 rings (SSSR count). The molecule has 9 heteroatoms. The van der Waals surface area contributed by atoms with Crippen molar-refractivity contribution in [2.45, 2.75) is 19.4 Å². The lowest BCUT2D eigenvalue weighted by molar-refractivity contribution is -0.122. The number of anilines is 2. The van der Waals surface area contributed by atoms with Crippen molar-refractivity contribution in [3.8, 4) is 11.5 Å². The molecule has 1 aliphatic rings. The Morgan fingerprint density at radius 1 is 1.29 bits per heavy atom. The fraction of sp³-hybridized carbons (Fsp3) is 0.316. The van der Waals surface area contributed by atoms with Gasteiger partial charge in [-0.05, 0) is 42.8 Å². The summed E-state index contributed by atoms with van der Waals surface area (Å²) < 4.78 is 36.8. The predicted octanol–water partition coefficient (Wildman–Crippen LogP) is 3.21. The fourth-order valence-electron chi connectivity index (χ4n) is 3.01. The molecule has 7 nitrogen and oxygen atoms in total. The van der Waals surface area contributed by atoms with Crippen LogP contribution < -0.4 is 19.1 Å². The number of ether oxygens (including phenoxy) is 2. The third-order valence-electron chi connectivity index (χ3n) is 4.36. The van der Waals surface area contributed by atoms with E-state index < -0.39 is 16.1 Å². The molecule has 150 valence electrons. The molecule has 0 bridgehead atoms. The van der Waals surface area contributed by atoms with E-state index in [1.165, 1.54) is 17.5 Å². The zero-order chi connectivity index (χ0) is 20.5. The third-order valence-corrected chi connectivity index (χ3v) is 5.77. The van der Waals surface area contributed by atoms with Crippen LogP contribution in [0.4, 0.5) is 11.4 Å². The molecule has 1 heterocycles. The van der Waals surface area contributed by atoms with E-state index in [0.29, 0.717) is 22.1 Å². The topological polar surface area (TPSA) is 84.9 Å². The average Bonchev–Trinajstić information content (AvgIpc) is 2.81. The largest absolute Gasteiger partial charge is 0.495 e. The van der Waals surface area contributed by atoms with Crippen LogP contribution in [0.25, 0.3) is 0 Å². The number of hydrogen-bond acceptors (Lipinski definition) is 5. The van der Waals surface area contributed by atoms with Gasteiger partial charge in [0.1, 0.15) is 11.5 Å². The van der Waals surface area contributed by atoms with Gasteiger partial charge in [0, 0.05) is 18.0 Å². The lowest BCUT2D eigenvalue weighted by Crippen LogP contribution is -2.36.